The third-order valence-electron chi connectivity index (χ3n) is 4.45. The van der Waals surface area contributed by atoms with Crippen LogP contribution < -0.4 is 10.2 Å². The highest BCUT2D eigenvalue weighted by Gasteiger charge is 2.22. The Morgan fingerprint density at radius 3 is 2.76 bits per heavy atom. The zero-order valence-electron chi connectivity index (χ0n) is 12.9. The quantitative estimate of drug-likeness (QED) is 0.917. The smallest absolute Gasteiger partial charge is 0.185 e. The highest BCUT2D eigenvalue weighted by Crippen LogP contribution is 2.24. The number of piperazine rings is 1. The molecule has 3 rings (SSSR count). The van der Waals surface area contributed by atoms with E-state index in [1.54, 1.807) is 0 Å². The number of piperidine rings is 1. The molecule has 3 heterocycles. The number of hydrogen-bond acceptors (Lipinski definition) is 5. The first kappa shape index (κ1) is 17.0. The number of nitrogens with zero attached hydrogens (tertiary/aromatic N) is 3. The van der Waals surface area contributed by atoms with Gasteiger partial charge in [0, 0.05) is 43.8 Å². The standard InChI is InChI=1S/C15H26N4S.ClH/c1-2-14-11-17-15(20-14)19-8-6-18(7-9-19)12-13-4-3-5-16-10-13;/h11,13,16H,2-10,12H2,1H3;1H. The van der Waals surface area contributed by atoms with Crippen LogP contribution in [0.5, 0.6) is 0 Å². The summed E-state index contributed by atoms with van der Waals surface area (Å²) in [5.41, 5.74) is 0. The monoisotopic (exact) mass is 330 g/mol. The number of hydrogen-bond donors (Lipinski definition) is 1. The van der Waals surface area contributed by atoms with Crippen molar-refractivity contribution < 1.29 is 0 Å². The summed E-state index contributed by atoms with van der Waals surface area (Å²) in [6.07, 6.45) is 5.90. The van der Waals surface area contributed by atoms with Crippen LogP contribution in [0.3, 0.4) is 0 Å². The number of thiazole rings is 1. The number of aryl methyl sites for hydroxylation is 1. The van der Waals surface area contributed by atoms with Gasteiger partial charge in [-0.3, -0.25) is 4.90 Å². The van der Waals surface area contributed by atoms with Gasteiger partial charge in [0.05, 0.1) is 0 Å². The lowest BCUT2D eigenvalue weighted by Crippen LogP contribution is -2.49. The van der Waals surface area contributed by atoms with E-state index in [-0.39, 0.29) is 12.4 Å². The third kappa shape index (κ3) is 4.55. The van der Waals surface area contributed by atoms with Crippen LogP contribution in [0.4, 0.5) is 5.13 Å². The maximum Gasteiger partial charge on any atom is 0.185 e. The first-order valence-electron chi connectivity index (χ1n) is 7.98. The Bertz CT molecular complexity index is 412. The SMILES string of the molecule is CCc1cnc(N2CCN(CC3CCCNC3)CC2)s1.Cl. The molecule has 0 aliphatic carbocycles. The lowest BCUT2D eigenvalue weighted by molar-refractivity contribution is 0.199. The van der Waals surface area contributed by atoms with E-state index in [0.717, 1.165) is 25.4 Å². The van der Waals surface area contributed by atoms with E-state index in [1.165, 1.54) is 55.6 Å². The van der Waals surface area contributed by atoms with Gasteiger partial charge in [-0.15, -0.1) is 23.7 Å². The van der Waals surface area contributed by atoms with E-state index in [2.05, 4.69) is 27.0 Å². The van der Waals surface area contributed by atoms with E-state index < -0.39 is 0 Å². The fraction of sp³-hybridized carbons (Fsp3) is 0.800. The summed E-state index contributed by atoms with van der Waals surface area (Å²) in [5.74, 6) is 0.863. The Labute approximate surface area is 138 Å². The molecule has 0 radical (unpaired) electrons. The lowest BCUT2D eigenvalue weighted by Gasteiger charge is -2.37. The van der Waals surface area contributed by atoms with Crippen LogP contribution in [-0.2, 0) is 6.42 Å². The molecule has 1 aromatic heterocycles. The second kappa shape index (κ2) is 8.32. The first-order chi connectivity index (χ1) is 9.85. The molecule has 0 saturated carbocycles. The van der Waals surface area contributed by atoms with Crippen LogP contribution in [-0.4, -0.2) is 55.7 Å². The Kier molecular flexibility index (Phi) is 6.74. The summed E-state index contributed by atoms with van der Waals surface area (Å²) >= 11 is 1.86. The minimum atomic E-state index is 0. The van der Waals surface area contributed by atoms with Crippen molar-refractivity contribution in [2.45, 2.75) is 26.2 Å². The minimum Gasteiger partial charge on any atom is -0.346 e. The third-order valence-corrected chi connectivity index (χ3v) is 5.65. The highest BCUT2D eigenvalue weighted by atomic mass is 35.5. The molecule has 1 N–H and O–H groups in total. The zero-order chi connectivity index (χ0) is 13.8. The molecule has 1 aromatic rings. The molecule has 0 spiro atoms. The van der Waals surface area contributed by atoms with Crippen molar-refractivity contribution in [1.29, 1.82) is 0 Å². The van der Waals surface area contributed by atoms with Crippen molar-refractivity contribution in [1.82, 2.24) is 15.2 Å². The fourth-order valence-corrected chi connectivity index (χ4v) is 4.07. The normalized spacial score (nSPS) is 23.9. The van der Waals surface area contributed by atoms with E-state index in [9.17, 15) is 0 Å². The van der Waals surface area contributed by atoms with Crippen LogP contribution in [0.1, 0.15) is 24.6 Å². The van der Waals surface area contributed by atoms with Crippen molar-refractivity contribution in [2.24, 2.45) is 5.92 Å². The Morgan fingerprint density at radius 1 is 1.33 bits per heavy atom. The van der Waals surface area contributed by atoms with Gasteiger partial charge in [0.25, 0.3) is 0 Å². The number of aromatic nitrogens is 1. The van der Waals surface area contributed by atoms with Crippen molar-refractivity contribution >= 4 is 28.9 Å². The van der Waals surface area contributed by atoms with Gasteiger partial charge in [-0.1, -0.05) is 6.92 Å². The van der Waals surface area contributed by atoms with E-state index in [4.69, 9.17) is 0 Å². The van der Waals surface area contributed by atoms with Gasteiger partial charge in [0.15, 0.2) is 5.13 Å². The molecule has 1 unspecified atom stereocenters. The van der Waals surface area contributed by atoms with Crippen LogP contribution in [0, 0.1) is 5.92 Å². The molecule has 0 bridgehead atoms. The van der Waals surface area contributed by atoms with E-state index in [0.29, 0.717) is 0 Å². The second-order valence-electron chi connectivity index (χ2n) is 5.96. The van der Waals surface area contributed by atoms with E-state index >= 15 is 0 Å². The van der Waals surface area contributed by atoms with Crippen LogP contribution >= 0.6 is 23.7 Å². The van der Waals surface area contributed by atoms with Crippen LogP contribution in [0.25, 0.3) is 0 Å². The molecular weight excluding hydrogens is 304 g/mol. The maximum atomic E-state index is 4.57. The van der Waals surface area contributed by atoms with Gasteiger partial charge in [0.1, 0.15) is 0 Å². The molecule has 21 heavy (non-hydrogen) atoms. The predicted molar refractivity (Wildman–Crippen MR) is 93.0 cm³/mol. The number of halogens is 1. The van der Waals surface area contributed by atoms with Gasteiger partial charge in [-0.25, -0.2) is 4.98 Å². The molecule has 4 nitrogen and oxygen atoms in total. The minimum absolute atomic E-state index is 0. The van der Waals surface area contributed by atoms with Gasteiger partial charge in [-0.05, 0) is 38.3 Å². The van der Waals surface area contributed by atoms with Crippen molar-refractivity contribution in [2.75, 3.05) is 50.7 Å². The van der Waals surface area contributed by atoms with Crippen LogP contribution in [0.15, 0.2) is 6.20 Å². The van der Waals surface area contributed by atoms with Crippen LogP contribution in [0.2, 0.25) is 0 Å². The molecule has 2 aliphatic rings. The van der Waals surface area contributed by atoms with Gasteiger partial charge >= 0.3 is 0 Å². The maximum absolute atomic E-state index is 4.57. The number of rotatable bonds is 4. The molecule has 120 valence electrons. The van der Waals surface area contributed by atoms with E-state index in [1.807, 2.05) is 17.5 Å². The summed E-state index contributed by atoms with van der Waals surface area (Å²) in [7, 11) is 0. The van der Waals surface area contributed by atoms with Crippen molar-refractivity contribution in [3.63, 3.8) is 0 Å². The first-order valence-corrected chi connectivity index (χ1v) is 8.79. The highest BCUT2D eigenvalue weighted by molar-refractivity contribution is 7.15. The summed E-state index contributed by atoms with van der Waals surface area (Å²) < 4.78 is 0. The Balaban J connectivity index is 0.00000161. The lowest BCUT2D eigenvalue weighted by atomic mass is 9.99. The second-order valence-corrected chi connectivity index (χ2v) is 7.06. The molecule has 0 amide bonds. The summed E-state index contributed by atoms with van der Waals surface area (Å²) in [4.78, 5) is 11.1. The molecule has 2 aliphatic heterocycles. The van der Waals surface area contributed by atoms with Crippen molar-refractivity contribution in [3.05, 3.63) is 11.1 Å². The van der Waals surface area contributed by atoms with Gasteiger partial charge in [0.2, 0.25) is 0 Å². The molecular formula is C15H27ClN4S. The molecule has 6 heteroatoms. The number of nitrogens with one attached hydrogen (secondary N) is 1. The fourth-order valence-electron chi connectivity index (χ4n) is 3.17. The Hall–Kier alpha value is -0.360. The topological polar surface area (TPSA) is 31.4 Å². The average Bonchev–Trinajstić information content (AvgIpc) is 2.98. The number of anilines is 1. The molecule has 2 fully saturated rings. The molecule has 0 aromatic carbocycles. The van der Waals surface area contributed by atoms with Gasteiger partial charge in [-0.2, -0.15) is 0 Å². The summed E-state index contributed by atoms with van der Waals surface area (Å²) in [6, 6.07) is 0. The predicted octanol–water partition coefficient (Wildman–Crippen LogP) is 2.25. The zero-order valence-corrected chi connectivity index (χ0v) is 14.5. The Morgan fingerprint density at radius 2 is 2.14 bits per heavy atom. The van der Waals surface area contributed by atoms with Crippen molar-refractivity contribution in [3.8, 4) is 0 Å². The van der Waals surface area contributed by atoms with Gasteiger partial charge < -0.3 is 10.2 Å². The average molecular weight is 331 g/mol. The molecule has 2 saturated heterocycles. The molecule has 1 atom stereocenters. The summed E-state index contributed by atoms with van der Waals surface area (Å²) in [6.45, 7) is 10.6. The summed E-state index contributed by atoms with van der Waals surface area (Å²) in [5, 5.41) is 4.75. The largest absolute Gasteiger partial charge is 0.346 e.